The van der Waals surface area contributed by atoms with Gasteiger partial charge >= 0.3 is 69.3 Å². The summed E-state index contributed by atoms with van der Waals surface area (Å²) in [5.41, 5.74) is 0. The van der Waals surface area contributed by atoms with Crippen LogP contribution in [0.5, 0.6) is 0 Å². The Morgan fingerprint density at radius 3 is 1.71 bits per heavy atom. The van der Waals surface area contributed by atoms with E-state index in [-0.39, 0.29) is 0 Å². The molecule has 0 fully saturated rings. The molecule has 0 aliphatic carbocycles. The van der Waals surface area contributed by atoms with Crippen molar-refractivity contribution in [3.63, 3.8) is 0 Å². The molecule has 0 unspecified atom stereocenters. The molecule has 7 heavy (non-hydrogen) atoms. The van der Waals surface area contributed by atoms with E-state index in [1.165, 1.54) is 12.6 Å². The van der Waals surface area contributed by atoms with Crippen LogP contribution in [0, 0.1) is 0 Å². The molecule has 0 aliphatic rings. The van der Waals surface area contributed by atoms with Gasteiger partial charge in [-0.15, -0.1) is 0 Å². The Morgan fingerprint density at radius 2 is 1.71 bits per heavy atom. The summed E-state index contributed by atoms with van der Waals surface area (Å²) in [6.45, 7) is 2.17. The van der Waals surface area contributed by atoms with Crippen LogP contribution >= 0.6 is 49.8 Å². The van der Waals surface area contributed by atoms with Crippen molar-refractivity contribution in [2.45, 2.75) is 13.3 Å². The van der Waals surface area contributed by atoms with Crippen LogP contribution in [0.1, 0.15) is 13.3 Å². The Labute approximate surface area is 69.0 Å². The van der Waals surface area contributed by atoms with E-state index in [9.17, 15) is 0 Å². The van der Waals surface area contributed by atoms with Gasteiger partial charge in [-0.05, 0) is 0 Å². The van der Waals surface area contributed by atoms with Gasteiger partial charge in [0.05, 0.1) is 0 Å². The monoisotopic (exact) mass is 312 g/mol. The molecule has 0 rings (SSSR count). The zero-order valence-electron chi connectivity index (χ0n) is 4.05. The fourth-order valence-electron chi connectivity index (χ4n) is 0.283. The predicted octanol–water partition coefficient (Wildman–Crippen LogP) is 4.08. The van der Waals surface area contributed by atoms with Crippen molar-refractivity contribution in [1.29, 1.82) is 0 Å². The van der Waals surface area contributed by atoms with Crippen LogP contribution in [0.4, 0.5) is 0 Å². The van der Waals surface area contributed by atoms with Gasteiger partial charge in [-0.1, -0.05) is 0 Å². The second kappa shape index (κ2) is 3.81. The van der Waals surface area contributed by atoms with Crippen molar-refractivity contribution in [1.82, 2.24) is 0 Å². The van der Waals surface area contributed by atoms with Crippen molar-refractivity contribution < 1.29 is 0 Å². The van der Waals surface area contributed by atoms with Crippen molar-refractivity contribution in [2.24, 2.45) is 0 Å². The molecule has 0 saturated heterocycles. The molecule has 0 aliphatic heterocycles. The van der Waals surface area contributed by atoms with Crippen LogP contribution in [0.2, 0.25) is 0 Å². The Morgan fingerprint density at radius 1 is 1.29 bits per heavy atom. The van der Waals surface area contributed by atoms with Gasteiger partial charge in [0.25, 0.3) is 0 Å². The molecule has 0 nitrogen and oxygen atoms in total. The van der Waals surface area contributed by atoms with Crippen LogP contribution in [0.15, 0.2) is 0 Å². The molecule has 0 saturated carbocycles. The third-order valence-corrected chi connectivity index (χ3v) is 5.17. The van der Waals surface area contributed by atoms with E-state index >= 15 is 0 Å². The van der Waals surface area contributed by atoms with Crippen LogP contribution < -0.4 is 0 Å². The van der Waals surface area contributed by atoms with Gasteiger partial charge in [0, 0.05) is 0 Å². The zero-order chi connectivity index (χ0) is 5.91. The molecule has 46 valence electrons. The quantitative estimate of drug-likeness (QED) is 0.674. The first kappa shape index (κ1) is 8.87. The number of hydrogen-bond donors (Lipinski definition) is 0. The normalized spacial score (nSPS) is 14.3. The van der Waals surface area contributed by atoms with E-state index in [1.54, 1.807) is 0 Å². The Hall–Kier alpha value is 1.87. The van der Waals surface area contributed by atoms with Crippen LogP contribution in [0.25, 0.3) is 0 Å². The zero-order valence-corrected chi connectivity index (χ0v) is 9.81. The SMILES string of the molecule is CCC[PH](Br)(Br)Br. The molecule has 0 amide bonds. The Kier molecular flexibility index (Phi) is 4.83. The van der Waals surface area contributed by atoms with Crippen molar-refractivity contribution in [3.8, 4) is 0 Å². The summed E-state index contributed by atoms with van der Waals surface area (Å²) in [7, 11) is 0. The predicted molar refractivity (Wildman–Crippen MR) is 50.3 cm³/mol. The van der Waals surface area contributed by atoms with Crippen LogP contribution in [-0.4, -0.2) is 6.16 Å². The van der Waals surface area contributed by atoms with Gasteiger partial charge < -0.3 is 0 Å². The standard InChI is InChI=1S/C3H8Br3P/c1-2-3-7(4,5)6/h7H,2-3H2,1H3. The van der Waals surface area contributed by atoms with E-state index in [0.29, 0.717) is 0 Å². The summed E-state index contributed by atoms with van der Waals surface area (Å²) in [5, 5.41) is 0. The first-order chi connectivity index (χ1) is 3.06. The van der Waals surface area contributed by atoms with Gasteiger partial charge in [-0.2, -0.15) is 0 Å². The van der Waals surface area contributed by atoms with E-state index < -0.39 is 3.37 Å². The summed E-state index contributed by atoms with van der Waals surface area (Å²) in [6.07, 6.45) is 2.46. The van der Waals surface area contributed by atoms with Crippen molar-refractivity contribution >= 4 is 49.8 Å². The Bertz CT molecular complexity index is 48.6. The molecule has 0 atom stereocenters. The topological polar surface area (TPSA) is 0 Å². The second-order valence-electron chi connectivity index (χ2n) is 1.37. The summed E-state index contributed by atoms with van der Waals surface area (Å²) in [5.74, 6) is 0. The fourth-order valence-corrected chi connectivity index (χ4v) is 4.42. The Balaban J connectivity index is 3.15. The molecule has 0 N–H and O–H groups in total. The van der Waals surface area contributed by atoms with E-state index in [4.69, 9.17) is 0 Å². The number of halogens is 3. The molecule has 0 heterocycles. The van der Waals surface area contributed by atoms with E-state index in [1.807, 2.05) is 0 Å². The second-order valence-corrected chi connectivity index (χ2v) is 24.9. The third-order valence-electron chi connectivity index (χ3n) is 0.533. The van der Waals surface area contributed by atoms with Gasteiger partial charge in [-0.25, -0.2) is 0 Å². The average molecular weight is 315 g/mol. The van der Waals surface area contributed by atoms with Crippen molar-refractivity contribution in [3.05, 3.63) is 0 Å². The maximum atomic E-state index is 3.51. The van der Waals surface area contributed by atoms with Gasteiger partial charge in [0.15, 0.2) is 0 Å². The van der Waals surface area contributed by atoms with E-state index in [0.717, 1.165) is 0 Å². The fraction of sp³-hybridized carbons (Fsp3) is 1.00. The van der Waals surface area contributed by atoms with Gasteiger partial charge in [-0.3, -0.25) is 0 Å². The van der Waals surface area contributed by atoms with Gasteiger partial charge in [0.2, 0.25) is 0 Å². The molecule has 4 heteroatoms. The van der Waals surface area contributed by atoms with Crippen molar-refractivity contribution in [2.75, 3.05) is 6.16 Å². The molecule has 0 spiro atoms. The minimum absolute atomic E-state index is 1.22. The first-order valence-corrected chi connectivity index (χ1v) is 11.1. The molecule has 0 bridgehead atoms. The summed E-state index contributed by atoms with van der Waals surface area (Å²) >= 11 is 10.5. The average Bonchev–Trinajstić information content (AvgIpc) is 1.30. The minimum atomic E-state index is -1.22. The number of hydrogen-bond acceptors (Lipinski definition) is 0. The molecular weight excluding hydrogens is 307 g/mol. The van der Waals surface area contributed by atoms with Crippen LogP contribution in [-0.2, 0) is 0 Å². The maximum absolute atomic E-state index is 3.51. The van der Waals surface area contributed by atoms with Crippen LogP contribution in [0.3, 0.4) is 0 Å². The summed E-state index contributed by atoms with van der Waals surface area (Å²) in [6, 6.07) is 0. The molecular formula is C3H8Br3P. The molecule has 0 aromatic heterocycles. The summed E-state index contributed by atoms with van der Waals surface area (Å²) < 4.78 is -1.22. The van der Waals surface area contributed by atoms with E-state index in [2.05, 4.69) is 53.4 Å². The summed E-state index contributed by atoms with van der Waals surface area (Å²) in [4.78, 5) is 0. The van der Waals surface area contributed by atoms with Gasteiger partial charge in [0.1, 0.15) is 0 Å². The third kappa shape index (κ3) is 7.87. The molecule has 0 aromatic carbocycles. The molecule has 0 aromatic rings. The first-order valence-electron chi connectivity index (χ1n) is 2.13. The number of rotatable bonds is 2. The molecule has 0 radical (unpaired) electrons.